The molecule has 0 unspecified atom stereocenters. The quantitative estimate of drug-likeness (QED) is 0.803. The maximum Gasteiger partial charge on any atom is 0.220 e. The van der Waals surface area contributed by atoms with Crippen molar-refractivity contribution in [1.29, 1.82) is 0 Å². The van der Waals surface area contributed by atoms with Crippen LogP contribution in [0, 0.1) is 0 Å². The molecule has 0 atom stereocenters. The number of thiol groups is 1. The number of carbonyl (C=O) groups excluding carboxylic acids is 1. The lowest BCUT2D eigenvalue weighted by atomic mass is 9.84. The first kappa shape index (κ1) is 14.6. The second kappa shape index (κ2) is 6.45. The van der Waals surface area contributed by atoms with Crippen LogP contribution in [0.4, 0.5) is 0 Å². The lowest BCUT2D eigenvalue weighted by Crippen LogP contribution is -2.36. The predicted octanol–water partition coefficient (Wildman–Crippen LogP) is 3.16. The summed E-state index contributed by atoms with van der Waals surface area (Å²) in [6, 6.07) is 8.18. The highest BCUT2D eigenvalue weighted by molar-refractivity contribution is 9.10. The van der Waals surface area contributed by atoms with Crippen LogP contribution in [-0.2, 0) is 10.2 Å². The van der Waals surface area contributed by atoms with E-state index >= 15 is 0 Å². The average Bonchev–Trinajstić information content (AvgIpc) is 2.27. The number of halogens is 1. The van der Waals surface area contributed by atoms with Crippen LogP contribution >= 0.6 is 28.6 Å². The molecule has 0 saturated heterocycles. The molecule has 1 amide bonds. The van der Waals surface area contributed by atoms with Crippen LogP contribution in [0.1, 0.15) is 25.8 Å². The van der Waals surface area contributed by atoms with Gasteiger partial charge in [-0.1, -0.05) is 41.9 Å². The smallest absolute Gasteiger partial charge is 0.220 e. The zero-order chi connectivity index (χ0) is 12.9. The Morgan fingerprint density at radius 2 is 2.18 bits per heavy atom. The minimum Gasteiger partial charge on any atom is -0.355 e. The highest BCUT2D eigenvalue weighted by Crippen LogP contribution is 2.24. The fourth-order valence-electron chi connectivity index (χ4n) is 1.52. The van der Waals surface area contributed by atoms with Gasteiger partial charge >= 0.3 is 0 Å². The molecule has 0 radical (unpaired) electrons. The molecule has 0 aliphatic carbocycles. The molecule has 1 N–H and O–H groups in total. The first-order valence-corrected chi connectivity index (χ1v) is 7.02. The van der Waals surface area contributed by atoms with Gasteiger partial charge in [-0.3, -0.25) is 4.79 Å². The van der Waals surface area contributed by atoms with Gasteiger partial charge in [0, 0.05) is 22.9 Å². The normalized spacial score (nSPS) is 11.3. The fraction of sp³-hybridized carbons (Fsp3) is 0.462. The minimum atomic E-state index is -0.0734. The molecule has 1 aromatic rings. The Labute approximate surface area is 117 Å². The van der Waals surface area contributed by atoms with E-state index in [0.29, 0.717) is 18.7 Å². The van der Waals surface area contributed by atoms with Crippen LogP contribution < -0.4 is 5.32 Å². The van der Waals surface area contributed by atoms with Crippen LogP contribution in [0.25, 0.3) is 0 Å². The number of nitrogens with one attached hydrogen (secondary N) is 1. The predicted molar refractivity (Wildman–Crippen MR) is 78.6 cm³/mol. The van der Waals surface area contributed by atoms with Gasteiger partial charge in [-0.15, -0.1) is 0 Å². The largest absolute Gasteiger partial charge is 0.355 e. The Hall–Kier alpha value is -0.480. The lowest BCUT2D eigenvalue weighted by Gasteiger charge is -2.25. The first-order chi connectivity index (χ1) is 7.95. The second-order valence-corrected chi connectivity index (χ2v) is 6.01. The number of hydrogen-bond donors (Lipinski definition) is 2. The number of hydrogen-bond acceptors (Lipinski definition) is 2. The topological polar surface area (TPSA) is 29.1 Å². The fourth-order valence-corrected chi connectivity index (χ4v) is 2.12. The molecule has 94 valence electrons. The van der Waals surface area contributed by atoms with Gasteiger partial charge in [0.1, 0.15) is 0 Å². The Morgan fingerprint density at radius 3 is 2.76 bits per heavy atom. The molecule has 1 aromatic carbocycles. The molecule has 0 spiro atoms. The molecule has 0 aromatic heterocycles. The van der Waals surface area contributed by atoms with Gasteiger partial charge < -0.3 is 5.32 Å². The molecular formula is C13H18BrNOS. The van der Waals surface area contributed by atoms with Crippen molar-refractivity contribution in [3.05, 3.63) is 34.3 Å². The Balaban J connectivity index is 2.65. The summed E-state index contributed by atoms with van der Waals surface area (Å²) in [6.07, 6.45) is 0.470. The van der Waals surface area contributed by atoms with E-state index in [2.05, 4.69) is 59.9 Å². The van der Waals surface area contributed by atoms with Gasteiger partial charge in [0.2, 0.25) is 5.91 Å². The van der Waals surface area contributed by atoms with Crippen molar-refractivity contribution in [3.8, 4) is 0 Å². The Bertz CT molecular complexity index is 393. The van der Waals surface area contributed by atoms with E-state index in [-0.39, 0.29) is 11.3 Å². The van der Waals surface area contributed by atoms with Gasteiger partial charge in [-0.05, 0) is 23.4 Å². The monoisotopic (exact) mass is 315 g/mol. The highest BCUT2D eigenvalue weighted by atomic mass is 79.9. The van der Waals surface area contributed by atoms with Gasteiger partial charge in [0.25, 0.3) is 0 Å². The Kier molecular flexibility index (Phi) is 5.53. The molecule has 0 heterocycles. The SMILES string of the molecule is CC(C)(CNC(=O)CCS)c1cccc(Br)c1. The van der Waals surface area contributed by atoms with E-state index < -0.39 is 0 Å². The van der Waals surface area contributed by atoms with Crippen LogP contribution in [0.15, 0.2) is 28.7 Å². The zero-order valence-corrected chi connectivity index (χ0v) is 12.6. The lowest BCUT2D eigenvalue weighted by molar-refractivity contribution is -0.120. The summed E-state index contributed by atoms with van der Waals surface area (Å²) in [7, 11) is 0. The molecule has 0 aliphatic rings. The summed E-state index contributed by atoms with van der Waals surface area (Å²) < 4.78 is 1.06. The molecule has 17 heavy (non-hydrogen) atoms. The van der Waals surface area contributed by atoms with Crippen LogP contribution in [0.2, 0.25) is 0 Å². The zero-order valence-electron chi connectivity index (χ0n) is 10.2. The maximum absolute atomic E-state index is 11.4. The van der Waals surface area contributed by atoms with Gasteiger partial charge in [0.15, 0.2) is 0 Å². The third-order valence-corrected chi connectivity index (χ3v) is 3.39. The number of benzene rings is 1. The third kappa shape index (κ3) is 4.72. The number of amides is 1. The summed E-state index contributed by atoms with van der Waals surface area (Å²) in [5.41, 5.74) is 1.13. The minimum absolute atomic E-state index is 0.0584. The summed E-state index contributed by atoms with van der Waals surface area (Å²) in [6.45, 7) is 4.88. The van der Waals surface area contributed by atoms with Gasteiger partial charge in [-0.2, -0.15) is 12.6 Å². The second-order valence-electron chi connectivity index (χ2n) is 4.64. The summed E-state index contributed by atoms with van der Waals surface area (Å²) in [5.74, 6) is 0.645. The van der Waals surface area contributed by atoms with E-state index in [1.165, 1.54) is 5.56 Å². The van der Waals surface area contributed by atoms with Crippen LogP contribution in [0.5, 0.6) is 0 Å². The molecule has 1 rings (SSSR count). The molecule has 2 nitrogen and oxygen atoms in total. The summed E-state index contributed by atoms with van der Waals surface area (Å²) >= 11 is 7.50. The summed E-state index contributed by atoms with van der Waals surface area (Å²) in [4.78, 5) is 11.4. The van der Waals surface area contributed by atoms with E-state index in [9.17, 15) is 4.79 Å². The number of carbonyl (C=O) groups is 1. The average molecular weight is 316 g/mol. The highest BCUT2D eigenvalue weighted by Gasteiger charge is 2.21. The molecular weight excluding hydrogens is 298 g/mol. The van der Waals surface area contributed by atoms with Crippen molar-refractivity contribution in [2.45, 2.75) is 25.7 Å². The Morgan fingerprint density at radius 1 is 1.47 bits per heavy atom. The van der Waals surface area contributed by atoms with Crippen molar-refractivity contribution in [1.82, 2.24) is 5.32 Å². The van der Waals surface area contributed by atoms with E-state index in [1.807, 2.05) is 12.1 Å². The van der Waals surface area contributed by atoms with Crippen molar-refractivity contribution < 1.29 is 4.79 Å². The van der Waals surface area contributed by atoms with Crippen molar-refractivity contribution >= 4 is 34.5 Å². The van der Waals surface area contributed by atoms with E-state index in [4.69, 9.17) is 0 Å². The standard InChI is InChI=1S/C13H18BrNOS/c1-13(2,9-15-12(16)6-7-17)10-4-3-5-11(14)8-10/h3-5,8,17H,6-7,9H2,1-2H3,(H,15,16). The van der Waals surface area contributed by atoms with E-state index in [0.717, 1.165) is 4.47 Å². The first-order valence-electron chi connectivity index (χ1n) is 5.59. The van der Waals surface area contributed by atoms with Crippen molar-refractivity contribution in [3.63, 3.8) is 0 Å². The van der Waals surface area contributed by atoms with Crippen LogP contribution in [-0.4, -0.2) is 18.2 Å². The molecule has 0 saturated carbocycles. The summed E-state index contributed by atoms with van der Waals surface area (Å²) in [5, 5.41) is 2.94. The van der Waals surface area contributed by atoms with E-state index in [1.54, 1.807) is 0 Å². The molecule has 0 bridgehead atoms. The van der Waals surface area contributed by atoms with Crippen LogP contribution in [0.3, 0.4) is 0 Å². The van der Waals surface area contributed by atoms with Gasteiger partial charge in [-0.25, -0.2) is 0 Å². The third-order valence-electron chi connectivity index (χ3n) is 2.67. The molecule has 0 fully saturated rings. The molecule has 4 heteroatoms. The van der Waals surface area contributed by atoms with Gasteiger partial charge in [0.05, 0.1) is 0 Å². The molecule has 0 aliphatic heterocycles. The maximum atomic E-state index is 11.4. The van der Waals surface area contributed by atoms with Crippen molar-refractivity contribution in [2.24, 2.45) is 0 Å². The number of rotatable bonds is 5. The van der Waals surface area contributed by atoms with Crippen molar-refractivity contribution in [2.75, 3.05) is 12.3 Å².